The van der Waals surface area contributed by atoms with Crippen LogP contribution < -0.4 is 0 Å². The van der Waals surface area contributed by atoms with E-state index in [9.17, 15) is 4.79 Å². The van der Waals surface area contributed by atoms with E-state index in [1.807, 2.05) is 36.4 Å². The molecular formula is C20H21Br2NO. The summed E-state index contributed by atoms with van der Waals surface area (Å²) in [7, 11) is 2.12. The molecule has 0 N–H and O–H groups in total. The first-order chi connectivity index (χ1) is 11.5. The molecule has 0 bridgehead atoms. The second-order valence-corrected chi connectivity index (χ2v) is 8.32. The molecule has 2 nitrogen and oxygen atoms in total. The van der Waals surface area contributed by atoms with Gasteiger partial charge in [0.25, 0.3) is 0 Å². The highest BCUT2D eigenvalue weighted by Gasteiger charge is 2.34. The van der Waals surface area contributed by atoms with Gasteiger partial charge in [-0.3, -0.25) is 4.79 Å². The van der Waals surface area contributed by atoms with Gasteiger partial charge in [-0.2, -0.15) is 0 Å². The van der Waals surface area contributed by atoms with Crippen molar-refractivity contribution < 1.29 is 4.79 Å². The van der Waals surface area contributed by atoms with Crippen LogP contribution in [-0.2, 0) is 17.6 Å². The Bertz CT molecular complexity index is 672. The fraction of sp³-hybridized carbons (Fsp3) is 0.350. The Morgan fingerprint density at radius 2 is 1.29 bits per heavy atom. The van der Waals surface area contributed by atoms with Crippen molar-refractivity contribution in [3.63, 3.8) is 0 Å². The van der Waals surface area contributed by atoms with Crippen LogP contribution in [0, 0.1) is 11.8 Å². The third kappa shape index (κ3) is 4.16. The van der Waals surface area contributed by atoms with Gasteiger partial charge in [0, 0.05) is 33.9 Å². The Kier molecular flexibility index (Phi) is 5.90. The highest BCUT2D eigenvalue weighted by atomic mass is 79.9. The fourth-order valence-electron chi connectivity index (χ4n) is 3.53. The zero-order chi connectivity index (χ0) is 17.1. The SMILES string of the molecule is CN1CC(Cc2ccccc2Br)C(=O)C(Cc2ccccc2Br)C1. The molecule has 1 aliphatic heterocycles. The van der Waals surface area contributed by atoms with E-state index in [0.717, 1.165) is 34.9 Å². The molecule has 4 heteroatoms. The van der Waals surface area contributed by atoms with E-state index in [-0.39, 0.29) is 11.8 Å². The van der Waals surface area contributed by atoms with E-state index in [1.54, 1.807) is 0 Å². The molecule has 0 radical (unpaired) electrons. The molecule has 24 heavy (non-hydrogen) atoms. The zero-order valence-corrected chi connectivity index (χ0v) is 16.9. The van der Waals surface area contributed by atoms with Gasteiger partial charge in [0.2, 0.25) is 0 Å². The third-order valence-corrected chi connectivity index (χ3v) is 6.26. The second-order valence-electron chi connectivity index (χ2n) is 6.61. The highest BCUT2D eigenvalue weighted by Crippen LogP contribution is 2.28. The van der Waals surface area contributed by atoms with Gasteiger partial charge in [-0.05, 0) is 43.1 Å². The van der Waals surface area contributed by atoms with Crippen LogP contribution in [0.25, 0.3) is 0 Å². The number of rotatable bonds is 4. The smallest absolute Gasteiger partial charge is 0.142 e. The quantitative estimate of drug-likeness (QED) is 0.670. The summed E-state index contributed by atoms with van der Waals surface area (Å²) in [6, 6.07) is 16.4. The molecule has 2 atom stereocenters. The standard InChI is InChI=1S/C20H21Br2NO/c1-23-12-16(10-14-6-2-4-8-18(14)21)20(24)17(13-23)11-15-7-3-5-9-19(15)22/h2-9,16-17H,10-13H2,1H3. The van der Waals surface area contributed by atoms with Crippen molar-refractivity contribution in [3.05, 3.63) is 68.6 Å². The summed E-state index contributed by atoms with van der Waals surface area (Å²) in [4.78, 5) is 15.3. The molecule has 1 heterocycles. The van der Waals surface area contributed by atoms with Crippen molar-refractivity contribution in [2.75, 3.05) is 20.1 Å². The van der Waals surface area contributed by atoms with E-state index in [1.165, 1.54) is 11.1 Å². The van der Waals surface area contributed by atoms with Gasteiger partial charge < -0.3 is 4.90 Å². The van der Waals surface area contributed by atoms with Crippen LogP contribution in [0.4, 0.5) is 0 Å². The average Bonchev–Trinajstić information content (AvgIpc) is 2.56. The van der Waals surface area contributed by atoms with Crippen LogP contribution in [0.15, 0.2) is 57.5 Å². The number of benzene rings is 2. The lowest BCUT2D eigenvalue weighted by molar-refractivity contribution is -0.130. The Balaban J connectivity index is 1.76. The molecule has 0 aromatic heterocycles. The Hall–Kier alpha value is -0.970. The van der Waals surface area contributed by atoms with Gasteiger partial charge in [0.05, 0.1) is 0 Å². The molecule has 2 unspecified atom stereocenters. The Morgan fingerprint density at radius 3 is 1.71 bits per heavy atom. The van der Waals surface area contributed by atoms with Crippen LogP contribution in [0.1, 0.15) is 11.1 Å². The van der Waals surface area contributed by atoms with Crippen molar-refractivity contribution in [1.82, 2.24) is 4.90 Å². The Labute approximate surface area is 160 Å². The first kappa shape index (κ1) is 17.8. The molecule has 0 saturated carbocycles. The molecule has 0 aliphatic carbocycles. The maximum absolute atomic E-state index is 13.0. The normalized spacial score (nSPS) is 21.9. The summed E-state index contributed by atoms with van der Waals surface area (Å²) in [5.74, 6) is 0.532. The van der Waals surface area contributed by atoms with Gasteiger partial charge in [-0.25, -0.2) is 0 Å². The molecule has 2 aromatic rings. The molecule has 0 amide bonds. The number of hydrogen-bond donors (Lipinski definition) is 0. The summed E-state index contributed by atoms with van der Waals surface area (Å²) >= 11 is 7.21. The lowest BCUT2D eigenvalue weighted by Gasteiger charge is -2.35. The van der Waals surface area contributed by atoms with Crippen LogP contribution in [0.2, 0.25) is 0 Å². The van der Waals surface area contributed by atoms with Crippen molar-refractivity contribution in [1.29, 1.82) is 0 Å². The van der Waals surface area contributed by atoms with Crippen LogP contribution in [0.5, 0.6) is 0 Å². The van der Waals surface area contributed by atoms with E-state index < -0.39 is 0 Å². The number of piperidine rings is 1. The van der Waals surface area contributed by atoms with Gasteiger partial charge in [-0.15, -0.1) is 0 Å². The molecule has 1 saturated heterocycles. The van der Waals surface area contributed by atoms with E-state index >= 15 is 0 Å². The third-order valence-electron chi connectivity index (χ3n) is 4.72. The van der Waals surface area contributed by atoms with Crippen molar-refractivity contribution in [2.24, 2.45) is 11.8 Å². The molecule has 1 fully saturated rings. The van der Waals surface area contributed by atoms with Gasteiger partial charge in [0.1, 0.15) is 5.78 Å². The Morgan fingerprint density at radius 1 is 0.875 bits per heavy atom. The topological polar surface area (TPSA) is 20.3 Å². The van der Waals surface area contributed by atoms with Crippen LogP contribution >= 0.6 is 31.9 Å². The lowest BCUT2D eigenvalue weighted by atomic mass is 9.81. The minimum absolute atomic E-state index is 0.0648. The van der Waals surface area contributed by atoms with Crippen LogP contribution in [-0.4, -0.2) is 30.8 Å². The lowest BCUT2D eigenvalue weighted by Crippen LogP contribution is -2.46. The largest absolute Gasteiger partial charge is 0.305 e. The first-order valence-corrected chi connectivity index (χ1v) is 9.82. The van der Waals surface area contributed by atoms with E-state index in [2.05, 4.69) is 55.9 Å². The first-order valence-electron chi connectivity index (χ1n) is 8.23. The van der Waals surface area contributed by atoms with Gasteiger partial charge >= 0.3 is 0 Å². The molecule has 0 spiro atoms. The number of carbonyl (C=O) groups excluding carboxylic acids is 1. The highest BCUT2D eigenvalue weighted by molar-refractivity contribution is 9.10. The number of hydrogen-bond acceptors (Lipinski definition) is 2. The number of ketones is 1. The summed E-state index contributed by atoms with van der Waals surface area (Å²) in [5, 5.41) is 0. The summed E-state index contributed by atoms with van der Waals surface area (Å²) < 4.78 is 2.18. The number of carbonyl (C=O) groups is 1. The molecule has 3 rings (SSSR count). The summed E-state index contributed by atoms with van der Waals surface area (Å²) in [5.41, 5.74) is 2.43. The molecule has 126 valence electrons. The number of Topliss-reactive ketones (excluding diaryl/α,β-unsaturated/α-hetero) is 1. The van der Waals surface area contributed by atoms with Crippen LogP contribution in [0.3, 0.4) is 0 Å². The monoisotopic (exact) mass is 449 g/mol. The average molecular weight is 451 g/mol. The van der Waals surface area contributed by atoms with Gasteiger partial charge in [-0.1, -0.05) is 68.3 Å². The van der Waals surface area contributed by atoms with E-state index in [0.29, 0.717) is 5.78 Å². The number of nitrogens with zero attached hydrogens (tertiary/aromatic N) is 1. The molecular weight excluding hydrogens is 430 g/mol. The predicted molar refractivity (Wildman–Crippen MR) is 105 cm³/mol. The second kappa shape index (κ2) is 7.94. The fourth-order valence-corrected chi connectivity index (χ4v) is 4.42. The van der Waals surface area contributed by atoms with Crippen molar-refractivity contribution >= 4 is 37.6 Å². The molecule has 1 aliphatic rings. The van der Waals surface area contributed by atoms with Crippen molar-refractivity contribution in [3.8, 4) is 0 Å². The predicted octanol–water partition coefficient (Wildman–Crippen LogP) is 4.74. The summed E-state index contributed by atoms with van der Waals surface area (Å²) in [6.07, 6.45) is 1.61. The molecule has 2 aromatic carbocycles. The number of halogens is 2. The zero-order valence-electron chi connectivity index (χ0n) is 13.7. The van der Waals surface area contributed by atoms with Gasteiger partial charge in [0.15, 0.2) is 0 Å². The summed E-state index contributed by atoms with van der Waals surface area (Å²) in [6.45, 7) is 1.68. The van der Waals surface area contributed by atoms with E-state index in [4.69, 9.17) is 0 Å². The minimum atomic E-state index is 0.0648. The number of likely N-dealkylation sites (tertiary alicyclic amines) is 1. The minimum Gasteiger partial charge on any atom is -0.305 e. The maximum Gasteiger partial charge on any atom is 0.142 e. The van der Waals surface area contributed by atoms with Crippen molar-refractivity contribution in [2.45, 2.75) is 12.8 Å². The maximum atomic E-state index is 13.0.